The van der Waals surface area contributed by atoms with Crippen LogP contribution in [0.2, 0.25) is 0 Å². The third-order valence-corrected chi connectivity index (χ3v) is 7.15. The molecule has 32 heavy (non-hydrogen) atoms. The SMILES string of the molecule is C=CS(=O)(=O)N1CC(C(=O)N2CCc3c(cccc3Oc3ccc(C(F)(F)F)cc3)C2)C1. The van der Waals surface area contributed by atoms with Crippen molar-refractivity contribution < 1.29 is 31.1 Å². The number of ether oxygens (including phenoxy) is 1. The molecule has 1 amide bonds. The van der Waals surface area contributed by atoms with Crippen LogP contribution in [0.1, 0.15) is 16.7 Å². The Bertz CT molecular complexity index is 1140. The Morgan fingerprint density at radius 3 is 2.44 bits per heavy atom. The molecule has 2 heterocycles. The first kappa shape index (κ1) is 22.3. The monoisotopic (exact) mass is 466 g/mol. The van der Waals surface area contributed by atoms with Crippen LogP contribution in [0.25, 0.3) is 0 Å². The lowest BCUT2D eigenvalue weighted by atomic mass is 9.95. The van der Waals surface area contributed by atoms with Gasteiger partial charge in [-0.05, 0) is 42.3 Å². The first-order chi connectivity index (χ1) is 15.1. The maximum Gasteiger partial charge on any atom is 0.416 e. The molecule has 6 nitrogen and oxygen atoms in total. The molecule has 2 aromatic rings. The van der Waals surface area contributed by atoms with E-state index in [4.69, 9.17) is 4.74 Å². The molecule has 2 aliphatic heterocycles. The number of halogens is 3. The highest BCUT2D eigenvalue weighted by atomic mass is 32.2. The van der Waals surface area contributed by atoms with Crippen LogP contribution in [-0.4, -0.2) is 43.2 Å². The van der Waals surface area contributed by atoms with E-state index in [9.17, 15) is 26.4 Å². The quantitative estimate of drug-likeness (QED) is 0.673. The smallest absolute Gasteiger partial charge is 0.416 e. The fourth-order valence-corrected chi connectivity index (χ4v) is 4.85. The molecule has 1 fully saturated rings. The Labute approximate surface area is 183 Å². The van der Waals surface area contributed by atoms with Crippen LogP contribution < -0.4 is 4.74 Å². The summed E-state index contributed by atoms with van der Waals surface area (Å²) in [6, 6.07) is 9.90. The summed E-state index contributed by atoms with van der Waals surface area (Å²) in [5, 5.41) is 0.878. The molecule has 0 unspecified atom stereocenters. The second kappa shape index (κ2) is 8.25. The molecule has 0 saturated carbocycles. The predicted molar refractivity (Wildman–Crippen MR) is 111 cm³/mol. The number of hydrogen-bond acceptors (Lipinski definition) is 4. The molecule has 1 saturated heterocycles. The normalized spacial score (nSPS) is 17.4. The van der Waals surface area contributed by atoms with Crippen LogP contribution in [0.4, 0.5) is 13.2 Å². The first-order valence-electron chi connectivity index (χ1n) is 9.96. The van der Waals surface area contributed by atoms with Crippen molar-refractivity contribution in [2.24, 2.45) is 5.92 Å². The van der Waals surface area contributed by atoms with Gasteiger partial charge in [0, 0.05) is 37.2 Å². The molecule has 0 spiro atoms. The fraction of sp³-hybridized carbons (Fsp3) is 0.318. The molecule has 0 aliphatic carbocycles. The van der Waals surface area contributed by atoms with E-state index in [2.05, 4.69) is 6.58 Å². The van der Waals surface area contributed by atoms with Crippen LogP contribution in [-0.2, 0) is 34.0 Å². The summed E-state index contributed by atoms with van der Waals surface area (Å²) in [6.07, 6.45) is -3.88. The minimum atomic E-state index is -4.41. The van der Waals surface area contributed by atoms with E-state index in [0.29, 0.717) is 31.0 Å². The van der Waals surface area contributed by atoms with Crippen LogP contribution in [0.3, 0.4) is 0 Å². The molecule has 170 valence electrons. The Kier molecular flexibility index (Phi) is 5.76. The van der Waals surface area contributed by atoms with Crippen LogP contribution in [0.15, 0.2) is 54.5 Å². The van der Waals surface area contributed by atoms with Gasteiger partial charge in [0.1, 0.15) is 11.5 Å². The van der Waals surface area contributed by atoms with Gasteiger partial charge in [0.05, 0.1) is 11.5 Å². The van der Waals surface area contributed by atoms with Gasteiger partial charge < -0.3 is 9.64 Å². The summed E-state index contributed by atoms with van der Waals surface area (Å²) >= 11 is 0. The largest absolute Gasteiger partial charge is 0.457 e. The number of carbonyl (C=O) groups excluding carboxylic acids is 1. The van der Waals surface area contributed by atoms with Gasteiger partial charge in [-0.3, -0.25) is 4.79 Å². The molecule has 0 bridgehead atoms. The van der Waals surface area contributed by atoms with Crippen LogP contribution in [0.5, 0.6) is 11.5 Å². The van der Waals surface area contributed by atoms with Crippen molar-refractivity contribution in [2.45, 2.75) is 19.1 Å². The number of carbonyl (C=O) groups is 1. The van der Waals surface area contributed by atoms with Gasteiger partial charge in [0.25, 0.3) is 0 Å². The van der Waals surface area contributed by atoms with Crippen molar-refractivity contribution in [3.8, 4) is 11.5 Å². The molecular weight excluding hydrogens is 445 g/mol. The third-order valence-electron chi connectivity index (χ3n) is 5.71. The summed E-state index contributed by atoms with van der Waals surface area (Å²) in [4.78, 5) is 14.5. The molecule has 0 radical (unpaired) electrons. The van der Waals surface area contributed by atoms with E-state index >= 15 is 0 Å². The lowest BCUT2D eigenvalue weighted by Crippen LogP contribution is -2.56. The number of benzene rings is 2. The molecule has 4 rings (SSSR count). The minimum Gasteiger partial charge on any atom is -0.457 e. The van der Waals surface area contributed by atoms with Gasteiger partial charge in [-0.1, -0.05) is 18.7 Å². The predicted octanol–water partition coefficient (Wildman–Crippen LogP) is 3.79. The third kappa shape index (κ3) is 4.37. The Balaban J connectivity index is 1.43. The Morgan fingerprint density at radius 1 is 1.12 bits per heavy atom. The molecule has 2 aliphatic rings. The Morgan fingerprint density at radius 2 is 1.81 bits per heavy atom. The number of alkyl halides is 3. The van der Waals surface area contributed by atoms with Crippen molar-refractivity contribution in [3.63, 3.8) is 0 Å². The number of fused-ring (bicyclic) bond motifs is 1. The zero-order valence-corrected chi connectivity index (χ0v) is 17.8. The highest BCUT2D eigenvalue weighted by Gasteiger charge is 2.41. The summed E-state index contributed by atoms with van der Waals surface area (Å²) in [7, 11) is -3.51. The average Bonchev–Trinajstić information content (AvgIpc) is 2.72. The summed E-state index contributed by atoms with van der Waals surface area (Å²) in [5.74, 6) is 0.363. The lowest BCUT2D eigenvalue weighted by molar-refractivity contribution is -0.140. The summed E-state index contributed by atoms with van der Waals surface area (Å²) in [6.45, 7) is 4.39. The molecule has 2 aromatic carbocycles. The van der Waals surface area contributed by atoms with E-state index in [1.165, 1.54) is 16.4 Å². The molecule has 0 N–H and O–H groups in total. The molecular formula is C22H21F3N2O4S. The van der Waals surface area contributed by atoms with E-state index in [1.807, 2.05) is 6.07 Å². The zero-order chi connectivity index (χ0) is 23.1. The van der Waals surface area contributed by atoms with Gasteiger partial charge in [0.2, 0.25) is 15.9 Å². The van der Waals surface area contributed by atoms with Crippen LogP contribution >= 0.6 is 0 Å². The van der Waals surface area contributed by atoms with Crippen molar-refractivity contribution >= 4 is 15.9 Å². The number of amides is 1. The van der Waals surface area contributed by atoms with Gasteiger partial charge >= 0.3 is 6.18 Å². The molecule has 10 heteroatoms. The Hall–Kier alpha value is -2.85. The second-order valence-electron chi connectivity index (χ2n) is 7.75. The summed E-state index contributed by atoms with van der Waals surface area (Å²) in [5.41, 5.74) is 1.05. The van der Waals surface area contributed by atoms with Gasteiger partial charge in [0.15, 0.2) is 0 Å². The lowest BCUT2D eigenvalue weighted by Gasteiger charge is -2.40. The molecule has 0 atom stereocenters. The topological polar surface area (TPSA) is 66.9 Å². The number of hydrogen-bond donors (Lipinski definition) is 0. The standard InChI is InChI=1S/C22H21F3N2O4S/c1-2-32(29,30)27-13-16(14-27)21(28)26-11-10-19-15(12-26)4-3-5-20(19)31-18-8-6-17(7-9-18)22(23,24)25/h2-9,16H,1,10-14H2. The number of sulfonamides is 1. The highest BCUT2D eigenvalue weighted by molar-refractivity contribution is 7.92. The van der Waals surface area contributed by atoms with Crippen LogP contribution in [0, 0.1) is 5.92 Å². The maximum atomic E-state index is 12.8. The molecule has 0 aromatic heterocycles. The van der Waals surface area contributed by atoms with Crippen molar-refractivity contribution in [1.29, 1.82) is 0 Å². The number of nitrogens with zero attached hydrogens (tertiary/aromatic N) is 2. The second-order valence-corrected chi connectivity index (χ2v) is 9.63. The first-order valence-corrected chi connectivity index (χ1v) is 11.5. The van der Waals surface area contributed by atoms with Crippen molar-refractivity contribution in [1.82, 2.24) is 9.21 Å². The van der Waals surface area contributed by atoms with E-state index in [0.717, 1.165) is 28.7 Å². The van der Waals surface area contributed by atoms with Crippen molar-refractivity contribution in [3.05, 3.63) is 71.1 Å². The average molecular weight is 466 g/mol. The summed E-state index contributed by atoms with van der Waals surface area (Å²) < 4.78 is 68.8. The van der Waals surface area contributed by atoms with Gasteiger partial charge in [-0.15, -0.1) is 0 Å². The number of rotatable bonds is 5. The maximum absolute atomic E-state index is 12.8. The van der Waals surface area contributed by atoms with E-state index < -0.39 is 21.8 Å². The fourth-order valence-electron chi connectivity index (χ4n) is 3.86. The van der Waals surface area contributed by atoms with E-state index in [-0.39, 0.29) is 24.9 Å². The van der Waals surface area contributed by atoms with Gasteiger partial charge in [-0.2, -0.15) is 17.5 Å². The minimum absolute atomic E-state index is 0.0970. The van der Waals surface area contributed by atoms with E-state index in [1.54, 1.807) is 17.0 Å². The van der Waals surface area contributed by atoms with Crippen molar-refractivity contribution in [2.75, 3.05) is 19.6 Å². The zero-order valence-electron chi connectivity index (χ0n) is 17.0. The van der Waals surface area contributed by atoms with Gasteiger partial charge in [-0.25, -0.2) is 8.42 Å². The highest BCUT2D eigenvalue weighted by Crippen LogP contribution is 2.35.